The van der Waals surface area contributed by atoms with Gasteiger partial charge in [0, 0.05) is 26.2 Å². The summed E-state index contributed by atoms with van der Waals surface area (Å²) >= 11 is 0. The fraction of sp³-hybridized carbons (Fsp3) is 0.923. The van der Waals surface area contributed by atoms with Crippen LogP contribution in [0.3, 0.4) is 0 Å². The number of carbonyl (C=O) groups is 1. The molecule has 0 saturated carbocycles. The number of piperidine rings is 1. The number of urea groups is 1. The lowest BCUT2D eigenvalue weighted by atomic mass is 10.0. The average Bonchev–Trinajstić information content (AvgIpc) is 2.77. The molecule has 4 heteroatoms. The fourth-order valence-corrected chi connectivity index (χ4v) is 3.04. The third-order valence-electron chi connectivity index (χ3n) is 4.06. The van der Waals surface area contributed by atoms with E-state index in [2.05, 4.69) is 6.92 Å². The van der Waals surface area contributed by atoms with Crippen molar-refractivity contribution in [3.63, 3.8) is 0 Å². The van der Waals surface area contributed by atoms with Crippen LogP contribution in [-0.4, -0.2) is 48.6 Å². The summed E-state index contributed by atoms with van der Waals surface area (Å²) in [4.78, 5) is 16.4. The molecule has 2 atom stereocenters. The van der Waals surface area contributed by atoms with Gasteiger partial charge in [0.05, 0.1) is 0 Å². The molecule has 2 heterocycles. The van der Waals surface area contributed by atoms with Crippen LogP contribution in [0.4, 0.5) is 4.79 Å². The molecule has 4 nitrogen and oxygen atoms in total. The molecule has 0 spiro atoms. The van der Waals surface area contributed by atoms with Gasteiger partial charge in [0.1, 0.15) is 0 Å². The predicted molar refractivity (Wildman–Crippen MR) is 68.7 cm³/mol. The van der Waals surface area contributed by atoms with Gasteiger partial charge in [-0.1, -0.05) is 6.92 Å². The van der Waals surface area contributed by atoms with Crippen LogP contribution in [0, 0.1) is 11.8 Å². The second-order valence-corrected chi connectivity index (χ2v) is 5.65. The van der Waals surface area contributed by atoms with E-state index < -0.39 is 0 Å². The van der Waals surface area contributed by atoms with Crippen molar-refractivity contribution in [1.82, 2.24) is 9.80 Å². The maximum atomic E-state index is 12.3. The molecule has 2 fully saturated rings. The molecule has 0 aromatic heterocycles. The number of likely N-dealkylation sites (tertiary alicyclic amines) is 2. The van der Waals surface area contributed by atoms with Crippen molar-refractivity contribution in [1.29, 1.82) is 0 Å². The van der Waals surface area contributed by atoms with E-state index >= 15 is 0 Å². The second kappa shape index (κ2) is 5.71. The minimum Gasteiger partial charge on any atom is -0.330 e. The lowest BCUT2D eigenvalue weighted by Gasteiger charge is -2.34. The lowest BCUT2D eigenvalue weighted by molar-refractivity contribution is 0.138. The first-order chi connectivity index (χ1) is 8.20. The van der Waals surface area contributed by atoms with E-state index in [0.717, 1.165) is 52.0 Å². The van der Waals surface area contributed by atoms with Crippen LogP contribution in [0.1, 0.15) is 32.6 Å². The summed E-state index contributed by atoms with van der Waals surface area (Å²) in [7, 11) is 0. The van der Waals surface area contributed by atoms with Gasteiger partial charge in [-0.2, -0.15) is 0 Å². The summed E-state index contributed by atoms with van der Waals surface area (Å²) in [5.74, 6) is 1.29. The van der Waals surface area contributed by atoms with Crippen molar-refractivity contribution in [3.05, 3.63) is 0 Å². The highest BCUT2D eigenvalue weighted by Crippen LogP contribution is 2.22. The van der Waals surface area contributed by atoms with E-state index in [4.69, 9.17) is 5.73 Å². The molecule has 2 amide bonds. The first-order valence-electron chi connectivity index (χ1n) is 6.94. The smallest absolute Gasteiger partial charge is 0.320 e. The van der Waals surface area contributed by atoms with Crippen molar-refractivity contribution in [3.8, 4) is 0 Å². The van der Waals surface area contributed by atoms with Crippen LogP contribution in [0.25, 0.3) is 0 Å². The van der Waals surface area contributed by atoms with Crippen molar-refractivity contribution >= 4 is 6.03 Å². The summed E-state index contributed by atoms with van der Waals surface area (Å²) in [6.45, 7) is 6.71. The number of nitrogens with two attached hydrogens (primary N) is 1. The number of nitrogens with zero attached hydrogens (tertiary/aromatic N) is 2. The first-order valence-corrected chi connectivity index (χ1v) is 6.94. The van der Waals surface area contributed by atoms with Gasteiger partial charge in [-0.25, -0.2) is 4.79 Å². The van der Waals surface area contributed by atoms with E-state index in [-0.39, 0.29) is 6.03 Å². The van der Waals surface area contributed by atoms with Crippen molar-refractivity contribution < 1.29 is 4.79 Å². The Bertz CT molecular complexity index is 269. The van der Waals surface area contributed by atoms with Crippen LogP contribution >= 0.6 is 0 Å². The summed E-state index contributed by atoms with van der Waals surface area (Å²) < 4.78 is 0. The molecular weight excluding hydrogens is 214 g/mol. The zero-order valence-electron chi connectivity index (χ0n) is 10.9. The molecular formula is C13H25N3O. The van der Waals surface area contributed by atoms with Crippen LogP contribution in [0.5, 0.6) is 0 Å². The van der Waals surface area contributed by atoms with Crippen molar-refractivity contribution in [2.24, 2.45) is 17.6 Å². The van der Waals surface area contributed by atoms with Crippen LogP contribution in [0.2, 0.25) is 0 Å². The second-order valence-electron chi connectivity index (χ2n) is 5.65. The van der Waals surface area contributed by atoms with Gasteiger partial charge < -0.3 is 15.5 Å². The van der Waals surface area contributed by atoms with E-state index in [9.17, 15) is 4.79 Å². The first kappa shape index (κ1) is 12.7. The van der Waals surface area contributed by atoms with E-state index in [1.54, 1.807) is 0 Å². The minimum absolute atomic E-state index is 0.260. The van der Waals surface area contributed by atoms with E-state index in [1.165, 1.54) is 6.42 Å². The Hall–Kier alpha value is -0.770. The van der Waals surface area contributed by atoms with Gasteiger partial charge in [0.25, 0.3) is 0 Å². The van der Waals surface area contributed by atoms with Gasteiger partial charge in [-0.3, -0.25) is 0 Å². The monoisotopic (exact) mass is 239 g/mol. The maximum Gasteiger partial charge on any atom is 0.320 e. The van der Waals surface area contributed by atoms with E-state index in [0.29, 0.717) is 11.8 Å². The summed E-state index contributed by atoms with van der Waals surface area (Å²) in [6.07, 6.45) is 4.61. The largest absolute Gasteiger partial charge is 0.330 e. The number of rotatable bonds is 2. The molecule has 0 aromatic rings. The third-order valence-corrected chi connectivity index (χ3v) is 4.06. The standard InChI is InChI=1S/C13H25N3O/c1-11-3-2-7-15(9-11)13(17)16-8-5-12(10-16)4-6-14/h11-12H,2-10,14H2,1H3. The highest BCUT2D eigenvalue weighted by Gasteiger charge is 2.30. The van der Waals surface area contributed by atoms with Gasteiger partial charge >= 0.3 is 6.03 Å². The Labute approximate surface area is 104 Å². The summed E-state index contributed by atoms with van der Waals surface area (Å²) in [5, 5.41) is 0. The van der Waals surface area contributed by atoms with Crippen LogP contribution in [0.15, 0.2) is 0 Å². The molecule has 17 heavy (non-hydrogen) atoms. The molecule has 0 bridgehead atoms. The summed E-state index contributed by atoms with van der Waals surface area (Å²) in [6, 6.07) is 0.260. The molecule has 2 aliphatic heterocycles. The Morgan fingerprint density at radius 3 is 2.71 bits per heavy atom. The Morgan fingerprint density at radius 2 is 2.00 bits per heavy atom. The third kappa shape index (κ3) is 3.12. The molecule has 2 rings (SSSR count). The number of hydrogen-bond donors (Lipinski definition) is 1. The van der Waals surface area contributed by atoms with Crippen LogP contribution in [-0.2, 0) is 0 Å². The SMILES string of the molecule is CC1CCCN(C(=O)N2CCC(CCN)C2)C1. The van der Waals surface area contributed by atoms with Crippen molar-refractivity contribution in [2.45, 2.75) is 32.6 Å². The maximum absolute atomic E-state index is 12.3. The fourth-order valence-electron chi connectivity index (χ4n) is 3.04. The number of amides is 2. The zero-order valence-corrected chi connectivity index (χ0v) is 10.9. The Morgan fingerprint density at radius 1 is 1.24 bits per heavy atom. The van der Waals surface area contributed by atoms with Crippen molar-refractivity contribution in [2.75, 3.05) is 32.7 Å². The molecule has 0 aliphatic carbocycles. The van der Waals surface area contributed by atoms with Gasteiger partial charge in [-0.05, 0) is 44.1 Å². The number of hydrogen-bond acceptors (Lipinski definition) is 2. The highest BCUT2D eigenvalue weighted by atomic mass is 16.2. The Balaban J connectivity index is 1.83. The quantitative estimate of drug-likeness (QED) is 0.794. The molecule has 2 aliphatic rings. The zero-order chi connectivity index (χ0) is 12.3. The topological polar surface area (TPSA) is 49.6 Å². The van der Waals surface area contributed by atoms with Gasteiger partial charge in [0.15, 0.2) is 0 Å². The minimum atomic E-state index is 0.260. The molecule has 0 aromatic carbocycles. The van der Waals surface area contributed by atoms with E-state index in [1.807, 2.05) is 9.80 Å². The molecule has 0 radical (unpaired) electrons. The van der Waals surface area contributed by atoms with Crippen LogP contribution < -0.4 is 5.73 Å². The molecule has 2 N–H and O–H groups in total. The molecule has 2 unspecified atom stereocenters. The normalized spacial score (nSPS) is 29.8. The predicted octanol–water partition coefficient (Wildman–Crippen LogP) is 1.51. The van der Waals surface area contributed by atoms with Gasteiger partial charge in [0.2, 0.25) is 0 Å². The number of carbonyl (C=O) groups excluding carboxylic acids is 1. The highest BCUT2D eigenvalue weighted by molar-refractivity contribution is 5.74. The Kier molecular flexibility index (Phi) is 4.26. The summed E-state index contributed by atoms with van der Waals surface area (Å²) in [5.41, 5.74) is 5.58. The lowest BCUT2D eigenvalue weighted by Crippen LogP contribution is -2.46. The average molecular weight is 239 g/mol. The molecule has 2 saturated heterocycles. The molecule has 98 valence electrons. The van der Waals surface area contributed by atoms with Gasteiger partial charge in [-0.15, -0.1) is 0 Å².